The van der Waals surface area contributed by atoms with E-state index in [1.165, 1.54) is 6.07 Å². The van der Waals surface area contributed by atoms with Crippen molar-refractivity contribution in [2.24, 2.45) is 0 Å². The third-order valence-corrected chi connectivity index (χ3v) is 2.98. The maximum absolute atomic E-state index is 12.2. The highest BCUT2D eigenvalue weighted by molar-refractivity contribution is 6.30. The summed E-state index contributed by atoms with van der Waals surface area (Å²) in [6.45, 7) is 3.79. The minimum absolute atomic E-state index is 0.0196. The normalized spacial score (nSPS) is 10.2. The first-order valence-electron chi connectivity index (χ1n) is 6.06. The lowest BCUT2D eigenvalue weighted by atomic mass is 10.1. The van der Waals surface area contributed by atoms with Crippen LogP contribution in [-0.4, -0.2) is 15.8 Å². The number of amides is 1. The Morgan fingerprint density at radius 2 is 1.86 bits per heavy atom. The van der Waals surface area contributed by atoms with Gasteiger partial charge in [0.25, 0.3) is 11.6 Å². The minimum Gasteiger partial charge on any atom is -0.322 e. The average molecular weight is 306 g/mol. The van der Waals surface area contributed by atoms with Crippen LogP contribution in [0.5, 0.6) is 0 Å². The van der Waals surface area contributed by atoms with Gasteiger partial charge in [0.15, 0.2) is 0 Å². The van der Waals surface area contributed by atoms with Gasteiger partial charge in [-0.2, -0.15) is 0 Å². The molecule has 0 aliphatic rings. The standard InChI is InChI=1S/C14H12ClN3O3/c1-8-3-9(2)5-10(4-8)17-14(19)11-6-13(15)16-7-12(11)18(20)21/h3-7H,1-2H3,(H,17,19). The third kappa shape index (κ3) is 3.55. The molecule has 0 fully saturated rings. The number of pyridine rings is 1. The molecular weight excluding hydrogens is 294 g/mol. The van der Waals surface area contributed by atoms with E-state index in [4.69, 9.17) is 11.6 Å². The number of hydrogen-bond donors (Lipinski definition) is 1. The topological polar surface area (TPSA) is 85.1 Å². The highest BCUT2D eigenvalue weighted by Crippen LogP contribution is 2.22. The SMILES string of the molecule is Cc1cc(C)cc(NC(=O)c2cc(Cl)ncc2[N+](=O)[O-])c1. The number of nitrogens with one attached hydrogen (secondary N) is 1. The summed E-state index contributed by atoms with van der Waals surface area (Å²) < 4.78 is 0. The lowest BCUT2D eigenvalue weighted by molar-refractivity contribution is -0.385. The molecule has 1 heterocycles. The van der Waals surface area contributed by atoms with E-state index in [9.17, 15) is 14.9 Å². The van der Waals surface area contributed by atoms with E-state index in [0.717, 1.165) is 17.3 Å². The molecule has 0 bridgehead atoms. The van der Waals surface area contributed by atoms with Crippen LogP contribution in [0.4, 0.5) is 11.4 Å². The first-order valence-corrected chi connectivity index (χ1v) is 6.44. The number of halogens is 1. The number of rotatable bonds is 3. The van der Waals surface area contributed by atoms with Gasteiger partial charge in [0.1, 0.15) is 16.9 Å². The molecule has 2 aromatic rings. The van der Waals surface area contributed by atoms with Crippen LogP contribution in [-0.2, 0) is 0 Å². The number of nitrogens with zero attached hydrogens (tertiary/aromatic N) is 2. The van der Waals surface area contributed by atoms with Crippen molar-refractivity contribution < 1.29 is 9.72 Å². The van der Waals surface area contributed by atoms with Gasteiger partial charge in [-0.05, 0) is 43.2 Å². The lowest BCUT2D eigenvalue weighted by Gasteiger charge is -2.08. The van der Waals surface area contributed by atoms with Crippen LogP contribution in [0.1, 0.15) is 21.5 Å². The minimum atomic E-state index is -0.667. The van der Waals surface area contributed by atoms with Gasteiger partial charge in [-0.25, -0.2) is 4.98 Å². The van der Waals surface area contributed by atoms with Crippen molar-refractivity contribution in [1.82, 2.24) is 4.98 Å². The van der Waals surface area contributed by atoms with Crippen molar-refractivity contribution in [1.29, 1.82) is 0 Å². The summed E-state index contributed by atoms with van der Waals surface area (Å²) in [7, 11) is 0. The molecular formula is C14H12ClN3O3. The molecule has 1 N–H and O–H groups in total. The molecule has 1 aromatic carbocycles. The van der Waals surface area contributed by atoms with E-state index in [2.05, 4.69) is 10.3 Å². The zero-order valence-corrected chi connectivity index (χ0v) is 12.1. The Hall–Kier alpha value is -2.47. The maximum atomic E-state index is 12.2. The van der Waals surface area contributed by atoms with E-state index in [0.29, 0.717) is 5.69 Å². The Balaban J connectivity index is 2.36. The molecule has 21 heavy (non-hydrogen) atoms. The molecule has 6 nitrogen and oxygen atoms in total. The highest BCUT2D eigenvalue weighted by atomic mass is 35.5. The Morgan fingerprint density at radius 1 is 1.24 bits per heavy atom. The van der Waals surface area contributed by atoms with Gasteiger partial charge in [0, 0.05) is 5.69 Å². The maximum Gasteiger partial charge on any atom is 0.300 e. The van der Waals surface area contributed by atoms with Gasteiger partial charge in [0.2, 0.25) is 0 Å². The molecule has 1 aromatic heterocycles. The van der Waals surface area contributed by atoms with Crippen molar-refractivity contribution >= 4 is 28.9 Å². The Labute approximate surface area is 125 Å². The van der Waals surface area contributed by atoms with Gasteiger partial charge in [-0.1, -0.05) is 17.7 Å². The van der Waals surface area contributed by atoms with Crippen LogP contribution < -0.4 is 5.32 Å². The zero-order valence-electron chi connectivity index (χ0n) is 11.4. The second kappa shape index (κ2) is 5.88. The van der Waals surface area contributed by atoms with Crippen LogP contribution in [0, 0.1) is 24.0 Å². The summed E-state index contributed by atoms with van der Waals surface area (Å²) in [5.41, 5.74) is 2.01. The number of carbonyl (C=O) groups is 1. The summed E-state index contributed by atoms with van der Waals surface area (Å²) in [4.78, 5) is 26.1. The molecule has 0 spiro atoms. The smallest absolute Gasteiger partial charge is 0.300 e. The van der Waals surface area contributed by atoms with Gasteiger partial charge < -0.3 is 5.32 Å². The van der Waals surface area contributed by atoms with E-state index in [1.54, 1.807) is 12.1 Å². The first kappa shape index (κ1) is 14.9. The average Bonchev–Trinajstić information content (AvgIpc) is 2.36. The van der Waals surface area contributed by atoms with Gasteiger partial charge in [-0.3, -0.25) is 14.9 Å². The van der Waals surface area contributed by atoms with E-state index >= 15 is 0 Å². The summed E-state index contributed by atoms with van der Waals surface area (Å²) >= 11 is 5.71. The predicted octanol–water partition coefficient (Wildman–Crippen LogP) is 3.51. The second-order valence-corrected chi connectivity index (χ2v) is 5.00. The number of benzene rings is 1. The van der Waals surface area contributed by atoms with Crippen molar-refractivity contribution in [2.45, 2.75) is 13.8 Å². The Morgan fingerprint density at radius 3 is 2.43 bits per heavy atom. The largest absolute Gasteiger partial charge is 0.322 e. The number of aromatic nitrogens is 1. The van der Waals surface area contributed by atoms with Gasteiger partial charge >= 0.3 is 0 Å². The monoisotopic (exact) mass is 305 g/mol. The number of anilines is 1. The van der Waals surface area contributed by atoms with Crippen molar-refractivity contribution in [3.63, 3.8) is 0 Å². The Bertz CT molecular complexity index is 711. The summed E-state index contributed by atoms with van der Waals surface area (Å²) in [5.74, 6) is -0.601. The lowest BCUT2D eigenvalue weighted by Crippen LogP contribution is -2.14. The molecule has 0 saturated heterocycles. The first-order chi connectivity index (χ1) is 9.86. The summed E-state index contributed by atoms with van der Waals surface area (Å²) in [6, 6.07) is 6.69. The Kier molecular flexibility index (Phi) is 4.18. The quantitative estimate of drug-likeness (QED) is 0.534. The molecule has 0 atom stereocenters. The van der Waals surface area contributed by atoms with E-state index < -0.39 is 10.8 Å². The van der Waals surface area contributed by atoms with Crippen LogP contribution in [0.25, 0.3) is 0 Å². The molecule has 108 valence electrons. The molecule has 0 aliphatic carbocycles. The van der Waals surface area contributed by atoms with Crippen LogP contribution in [0.3, 0.4) is 0 Å². The van der Waals surface area contributed by atoms with Crippen LogP contribution in [0.2, 0.25) is 5.15 Å². The molecule has 0 unspecified atom stereocenters. The predicted molar refractivity (Wildman–Crippen MR) is 79.8 cm³/mol. The summed E-state index contributed by atoms with van der Waals surface area (Å²) in [6.07, 6.45) is 0.971. The number of aryl methyl sites for hydroxylation is 2. The van der Waals surface area contributed by atoms with Crippen molar-refractivity contribution in [2.75, 3.05) is 5.32 Å². The number of carbonyl (C=O) groups excluding carboxylic acids is 1. The summed E-state index contributed by atoms with van der Waals surface area (Å²) in [5, 5.41) is 13.6. The number of hydrogen-bond acceptors (Lipinski definition) is 4. The fourth-order valence-corrected chi connectivity index (χ4v) is 2.15. The zero-order chi connectivity index (χ0) is 15.6. The number of nitro groups is 1. The van der Waals surface area contributed by atoms with Crippen LogP contribution >= 0.6 is 11.6 Å². The molecule has 0 radical (unpaired) electrons. The fraction of sp³-hybridized carbons (Fsp3) is 0.143. The molecule has 7 heteroatoms. The molecule has 1 amide bonds. The van der Waals surface area contributed by atoms with Gasteiger partial charge in [0.05, 0.1) is 4.92 Å². The molecule has 0 saturated carbocycles. The highest BCUT2D eigenvalue weighted by Gasteiger charge is 2.21. The van der Waals surface area contributed by atoms with E-state index in [-0.39, 0.29) is 16.4 Å². The fourth-order valence-electron chi connectivity index (χ4n) is 2.00. The van der Waals surface area contributed by atoms with Crippen LogP contribution in [0.15, 0.2) is 30.5 Å². The van der Waals surface area contributed by atoms with Crippen molar-refractivity contribution in [3.05, 3.63) is 62.4 Å². The van der Waals surface area contributed by atoms with Crippen molar-refractivity contribution in [3.8, 4) is 0 Å². The second-order valence-electron chi connectivity index (χ2n) is 4.61. The molecule has 2 rings (SSSR count). The molecule has 0 aliphatic heterocycles. The third-order valence-electron chi connectivity index (χ3n) is 2.77. The van der Waals surface area contributed by atoms with E-state index in [1.807, 2.05) is 19.9 Å². The van der Waals surface area contributed by atoms with Gasteiger partial charge in [-0.15, -0.1) is 0 Å².